The second kappa shape index (κ2) is 13.1. The summed E-state index contributed by atoms with van der Waals surface area (Å²) < 4.78 is 43.6. The molecular formula is C20H32F3IN4O. The van der Waals surface area contributed by atoms with Crippen molar-refractivity contribution in [3.63, 3.8) is 0 Å². The molecule has 2 rings (SSSR count). The average Bonchev–Trinajstić information content (AvgIpc) is 2.62. The van der Waals surface area contributed by atoms with Crippen molar-refractivity contribution in [2.75, 3.05) is 26.2 Å². The first-order valence-corrected chi connectivity index (χ1v) is 9.88. The summed E-state index contributed by atoms with van der Waals surface area (Å²) in [7, 11) is 0. The van der Waals surface area contributed by atoms with Crippen LogP contribution >= 0.6 is 24.0 Å². The van der Waals surface area contributed by atoms with Crippen molar-refractivity contribution in [2.24, 2.45) is 10.9 Å². The van der Waals surface area contributed by atoms with Gasteiger partial charge in [0.1, 0.15) is 11.6 Å². The number of aliphatic imine (C=N–C) groups is 1. The molecule has 1 aromatic carbocycles. The summed E-state index contributed by atoms with van der Waals surface area (Å²) in [6.07, 6.45) is 1.99. The topological polar surface area (TPSA) is 48.9 Å². The highest BCUT2D eigenvalue weighted by Crippen LogP contribution is 2.24. The minimum atomic E-state index is -3.01. The number of likely N-dealkylation sites (tertiary alicyclic amines) is 1. The minimum Gasteiger partial charge on any atom is -0.434 e. The third-order valence-corrected chi connectivity index (χ3v) is 4.58. The lowest BCUT2D eigenvalue weighted by atomic mass is 10.0. The fraction of sp³-hybridized carbons (Fsp3) is 0.650. The van der Waals surface area contributed by atoms with E-state index < -0.39 is 12.4 Å². The predicted octanol–water partition coefficient (Wildman–Crippen LogP) is 4.22. The lowest BCUT2D eigenvalue weighted by Gasteiger charge is -2.34. The van der Waals surface area contributed by atoms with Crippen LogP contribution in [-0.4, -0.2) is 49.7 Å². The Labute approximate surface area is 188 Å². The molecule has 1 aliphatic rings. The number of benzene rings is 1. The van der Waals surface area contributed by atoms with Gasteiger partial charge in [0, 0.05) is 32.2 Å². The molecular weight excluding hydrogens is 496 g/mol. The zero-order valence-electron chi connectivity index (χ0n) is 17.3. The average molecular weight is 528 g/mol. The van der Waals surface area contributed by atoms with Crippen molar-refractivity contribution in [3.8, 4) is 5.75 Å². The minimum absolute atomic E-state index is 0. The number of halogens is 4. The SMILES string of the molecule is CCNC(=NCc1c(F)cccc1OC(F)F)NC1CCN(CC(C)C)CC1.I. The zero-order valence-corrected chi connectivity index (χ0v) is 19.6. The third-order valence-electron chi connectivity index (χ3n) is 4.58. The first-order chi connectivity index (χ1) is 13.4. The molecule has 0 amide bonds. The van der Waals surface area contributed by atoms with E-state index in [1.165, 1.54) is 18.2 Å². The molecule has 2 N–H and O–H groups in total. The number of guanidine groups is 1. The molecule has 0 radical (unpaired) electrons. The van der Waals surface area contributed by atoms with Crippen LogP contribution in [-0.2, 0) is 6.54 Å². The molecule has 0 saturated carbocycles. The van der Waals surface area contributed by atoms with E-state index in [1.54, 1.807) is 0 Å². The number of alkyl halides is 2. The summed E-state index contributed by atoms with van der Waals surface area (Å²) >= 11 is 0. The lowest BCUT2D eigenvalue weighted by molar-refractivity contribution is -0.0506. The molecule has 1 heterocycles. The van der Waals surface area contributed by atoms with Crippen LogP contribution in [0, 0.1) is 11.7 Å². The molecule has 0 atom stereocenters. The number of hydrogen-bond donors (Lipinski definition) is 2. The Hall–Kier alpha value is -1.23. The van der Waals surface area contributed by atoms with Gasteiger partial charge in [-0.25, -0.2) is 9.38 Å². The number of nitrogens with zero attached hydrogens (tertiary/aromatic N) is 2. The second-order valence-electron chi connectivity index (χ2n) is 7.40. The highest BCUT2D eigenvalue weighted by Gasteiger charge is 2.20. The molecule has 0 aromatic heterocycles. The van der Waals surface area contributed by atoms with E-state index in [0.717, 1.165) is 32.5 Å². The van der Waals surface area contributed by atoms with Crippen LogP contribution in [0.4, 0.5) is 13.2 Å². The Morgan fingerprint density at radius 2 is 1.97 bits per heavy atom. The van der Waals surface area contributed by atoms with E-state index in [0.29, 0.717) is 18.4 Å². The van der Waals surface area contributed by atoms with Crippen molar-refractivity contribution in [2.45, 2.75) is 52.8 Å². The summed E-state index contributed by atoms with van der Waals surface area (Å²) in [5.74, 6) is 0.404. The van der Waals surface area contributed by atoms with Crippen LogP contribution in [0.1, 0.15) is 39.2 Å². The molecule has 0 unspecified atom stereocenters. The van der Waals surface area contributed by atoms with E-state index >= 15 is 0 Å². The molecule has 0 aliphatic carbocycles. The number of piperidine rings is 1. The number of nitrogens with one attached hydrogen (secondary N) is 2. The summed E-state index contributed by atoms with van der Waals surface area (Å²) in [6, 6.07) is 4.16. The summed E-state index contributed by atoms with van der Waals surface area (Å²) in [6.45, 7) is 7.07. The monoisotopic (exact) mass is 528 g/mol. The Balaban J connectivity index is 0.00000420. The third kappa shape index (κ3) is 8.98. The molecule has 1 aromatic rings. The van der Waals surface area contributed by atoms with Gasteiger partial charge in [0.25, 0.3) is 0 Å². The summed E-state index contributed by atoms with van der Waals surface area (Å²) in [5.41, 5.74) is 0.0201. The molecule has 166 valence electrons. The van der Waals surface area contributed by atoms with Gasteiger partial charge in [-0.3, -0.25) is 0 Å². The molecule has 9 heteroatoms. The molecule has 5 nitrogen and oxygen atoms in total. The van der Waals surface area contributed by atoms with Gasteiger partial charge in [-0.15, -0.1) is 24.0 Å². The highest BCUT2D eigenvalue weighted by atomic mass is 127. The summed E-state index contributed by atoms with van der Waals surface area (Å²) in [4.78, 5) is 6.85. The van der Waals surface area contributed by atoms with Gasteiger partial charge >= 0.3 is 6.61 Å². The van der Waals surface area contributed by atoms with Gasteiger partial charge in [-0.2, -0.15) is 8.78 Å². The predicted molar refractivity (Wildman–Crippen MR) is 121 cm³/mol. The number of hydrogen-bond acceptors (Lipinski definition) is 3. The fourth-order valence-corrected chi connectivity index (χ4v) is 3.35. The van der Waals surface area contributed by atoms with Crippen LogP contribution in [0.3, 0.4) is 0 Å². The molecule has 1 aliphatic heterocycles. The van der Waals surface area contributed by atoms with Crippen LogP contribution in [0.2, 0.25) is 0 Å². The van der Waals surface area contributed by atoms with Crippen molar-refractivity contribution in [3.05, 3.63) is 29.6 Å². The highest BCUT2D eigenvalue weighted by molar-refractivity contribution is 14.0. The smallest absolute Gasteiger partial charge is 0.387 e. The van der Waals surface area contributed by atoms with Gasteiger partial charge in [-0.1, -0.05) is 19.9 Å². The second-order valence-corrected chi connectivity index (χ2v) is 7.40. The van der Waals surface area contributed by atoms with Gasteiger partial charge < -0.3 is 20.3 Å². The number of ether oxygens (including phenoxy) is 1. The Kier molecular flexibility index (Phi) is 11.7. The van der Waals surface area contributed by atoms with Crippen LogP contribution in [0.25, 0.3) is 0 Å². The fourth-order valence-electron chi connectivity index (χ4n) is 3.35. The van der Waals surface area contributed by atoms with Gasteiger partial charge in [0.15, 0.2) is 5.96 Å². The van der Waals surface area contributed by atoms with E-state index in [-0.39, 0.29) is 47.9 Å². The standard InChI is InChI=1S/C20H31F3N4O.HI/c1-4-24-20(26-15-8-10-27(11-9-15)13-14(2)3)25-12-16-17(21)6-5-7-18(16)28-19(22)23;/h5-7,14-15,19H,4,8-13H2,1-3H3,(H2,24,25,26);1H. The van der Waals surface area contributed by atoms with Crippen molar-refractivity contribution in [1.82, 2.24) is 15.5 Å². The van der Waals surface area contributed by atoms with E-state index in [2.05, 4.69) is 39.1 Å². The maximum atomic E-state index is 14.1. The van der Waals surface area contributed by atoms with E-state index in [1.807, 2.05) is 6.92 Å². The van der Waals surface area contributed by atoms with Crippen LogP contribution in [0.15, 0.2) is 23.2 Å². The van der Waals surface area contributed by atoms with Gasteiger partial charge in [-0.05, 0) is 37.8 Å². The largest absolute Gasteiger partial charge is 0.434 e. The van der Waals surface area contributed by atoms with Crippen LogP contribution < -0.4 is 15.4 Å². The number of rotatable bonds is 8. The molecule has 0 bridgehead atoms. The quantitative estimate of drug-likeness (QED) is 0.302. The molecule has 1 fully saturated rings. The van der Waals surface area contributed by atoms with Crippen LogP contribution in [0.5, 0.6) is 5.75 Å². The van der Waals surface area contributed by atoms with Crippen molar-refractivity contribution >= 4 is 29.9 Å². The zero-order chi connectivity index (χ0) is 20.5. The molecule has 1 saturated heterocycles. The normalized spacial score (nSPS) is 16.1. The maximum Gasteiger partial charge on any atom is 0.387 e. The maximum absolute atomic E-state index is 14.1. The Morgan fingerprint density at radius 3 is 2.55 bits per heavy atom. The van der Waals surface area contributed by atoms with Gasteiger partial charge in [0.05, 0.1) is 12.1 Å². The Bertz CT molecular complexity index is 638. The molecule has 0 spiro atoms. The lowest BCUT2D eigenvalue weighted by Crippen LogP contribution is -2.49. The van der Waals surface area contributed by atoms with Gasteiger partial charge in [0.2, 0.25) is 0 Å². The first kappa shape index (κ1) is 25.8. The summed E-state index contributed by atoms with van der Waals surface area (Å²) in [5, 5.41) is 6.52. The van der Waals surface area contributed by atoms with E-state index in [4.69, 9.17) is 0 Å². The Morgan fingerprint density at radius 1 is 1.28 bits per heavy atom. The first-order valence-electron chi connectivity index (χ1n) is 9.88. The molecule has 29 heavy (non-hydrogen) atoms. The van der Waals surface area contributed by atoms with Crippen molar-refractivity contribution < 1.29 is 17.9 Å². The van der Waals surface area contributed by atoms with E-state index in [9.17, 15) is 13.2 Å². The van der Waals surface area contributed by atoms with Crippen molar-refractivity contribution in [1.29, 1.82) is 0 Å².